The first-order valence-electron chi connectivity index (χ1n) is 6.79. The van der Waals surface area contributed by atoms with Crippen LogP contribution in [0.4, 0.5) is 0 Å². The van der Waals surface area contributed by atoms with Gasteiger partial charge in [-0.25, -0.2) is 0 Å². The van der Waals surface area contributed by atoms with Gasteiger partial charge < -0.3 is 0 Å². The molecular formula is C14H21NS2. The monoisotopic (exact) mass is 267 g/mol. The van der Waals surface area contributed by atoms with Crippen molar-refractivity contribution >= 4 is 23.1 Å². The summed E-state index contributed by atoms with van der Waals surface area (Å²) in [5.41, 5.74) is 0.386. The second-order valence-electron chi connectivity index (χ2n) is 5.21. The minimum atomic E-state index is 0.386. The van der Waals surface area contributed by atoms with Crippen LogP contribution in [-0.4, -0.2) is 29.5 Å². The van der Waals surface area contributed by atoms with Crippen LogP contribution in [0.2, 0.25) is 0 Å². The van der Waals surface area contributed by atoms with Crippen LogP contribution < -0.4 is 0 Å². The van der Waals surface area contributed by atoms with E-state index < -0.39 is 0 Å². The Balaban J connectivity index is 1.89. The largest absolute Gasteiger partial charge is 0.292 e. The maximum atomic E-state index is 2.80. The van der Waals surface area contributed by atoms with Crippen LogP contribution >= 0.6 is 23.1 Å². The zero-order valence-electron chi connectivity index (χ0n) is 10.4. The summed E-state index contributed by atoms with van der Waals surface area (Å²) in [6.07, 6.45) is 7.00. The summed E-state index contributed by atoms with van der Waals surface area (Å²) < 4.78 is 0. The van der Waals surface area contributed by atoms with E-state index in [4.69, 9.17) is 0 Å². The predicted molar refractivity (Wildman–Crippen MR) is 78.0 cm³/mol. The Bertz CT molecular complexity index is 335. The fourth-order valence-corrected chi connectivity index (χ4v) is 5.63. The van der Waals surface area contributed by atoms with E-state index in [9.17, 15) is 0 Å². The number of rotatable bonds is 2. The number of hydrogen-bond donors (Lipinski definition) is 0. The highest BCUT2D eigenvalue weighted by Crippen LogP contribution is 2.43. The van der Waals surface area contributed by atoms with Gasteiger partial charge in [0, 0.05) is 10.6 Å². The quantitative estimate of drug-likeness (QED) is 0.798. The molecule has 2 aliphatic rings. The third kappa shape index (κ3) is 2.29. The molecule has 1 nitrogen and oxygen atoms in total. The molecular weight excluding hydrogens is 246 g/mol. The van der Waals surface area contributed by atoms with Gasteiger partial charge in [-0.1, -0.05) is 12.5 Å². The molecule has 17 heavy (non-hydrogen) atoms. The average molecular weight is 267 g/mol. The highest BCUT2D eigenvalue weighted by Gasteiger charge is 2.40. The Morgan fingerprint density at radius 3 is 2.65 bits per heavy atom. The molecule has 0 aliphatic carbocycles. The topological polar surface area (TPSA) is 3.24 Å². The normalized spacial score (nSPS) is 31.5. The fraction of sp³-hybridized carbons (Fsp3) is 0.714. The van der Waals surface area contributed by atoms with Crippen molar-refractivity contribution in [2.24, 2.45) is 0 Å². The molecule has 0 bridgehead atoms. The molecule has 0 N–H and O–H groups in total. The van der Waals surface area contributed by atoms with Gasteiger partial charge in [0.2, 0.25) is 0 Å². The van der Waals surface area contributed by atoms with Crippen LogP contribution in [0, 0.1) is 0 Å². The molecule has 0 radical (unpaired) electrons. The maximum absolute atomic E-state index is 2.80. The Kier molecular flexibility index (Phi) is 3.78. The molecule has 3 rings (SSSR count). The number of likely N-dealkylation sites (tertiary alicyclic amines) is 1. The fourth-order valence-electron chi connectivity index (χ4n) is 3.24. The van der Waals surface area contributed by atoms with Gasteiger partial charge in [0.1, 0.15) is 0 Å². The average Bonchev–Trinajstić information content (AvgIpc) is 2.95. The van der Waals surface area contributed by atoms with Crippen molar-refractivity contribution in [3.8, 4) is 0 Å². The molecule has 0 spiro atoms. The molecule has 2 fully saturated rings. The Hall–Kier alpha value is 0.01000. The van der Waals surface area contributed by atoms with E-state index in [1.165, 1.54) is 56.7 Å². The summed E-state index contributed by atoms with van der Waals surface area (Å²) in [6.45, 7) is 2.64. The van der Waals surface area contributed by atoms with Crippen LogP contribution in [0.5, 0.6) is 0 Å². The zero-order valence-corrected chi connectivity index (χ0v) is 12.0. The Morgan fingerprint density at radius 1 is 1.12 bits per heavy atom. The van der Waals surface area contributed by atoms with E-state index in [0.29, 0.717) is 5.54 Å². The first kappa shape index (κ1) is 12.1. The number of nitrogens with zero attached hydrogens (tertiary/aromatic N) is 1. The van der Waals surface area contributed by atoms with Crippen molar-refractivity contribution in [1.29, 1.82) is 0 Å². The van der Waals surface area contributed by atoms with E-state index in [0.717, 1.165) is 0 Å². The van der Waals surface area contributed by atoms with Crippen LogP contribution in [0.3, 0.4) is 0 Å². The smallest absolute Gasteiger partial charge is 0.0645 e. The summed E-state index contributed by atoms with van der Waals surface area (Å²) in [6, 6.07) is 4.59. The zero-order chi connectivity index (χ0) is 11.6. The highest BCUT2D eigenvalue weighted by molar-refractivity contribution is 7.99. The Labute approximate surface area is 113 Å². The first-order chi connectivity index (χ1) is 8.42. The molecule has 0 aromatic carbocycles. The second kappa shape index (κ2) is 5.33. The maximum Gasteiger partial charge on any atom is 0.0645 e. The molecule has 2 aliphatic heterocycles. The molecule has 3 heterocycles. The summed E-state index contributed by atoms with van der Waals surface area (Å²) in [5.74, 6) is 2.68. The number of hydrogen-bond acceptors (Lipinski definition) is 3. The van der Waals surface area contributed by atoms with Crippen molar-refractivity contribution in [3.05, 3.63) is 22.4 Å². The number of thiophene rings is 1. The van der Waals surface area contributed by atoms with Gasteiger partial charge in [-0.15, -0.1) is 11.3 Å². The molecule has 94 valence electrons. The van der Waals surface area contributed by atoms with Crippen molar-refractivity contribution in [2.75, 3.05) is 24.6 Å². The highest BCUT2D eigenvalue weighted by atomic mass is 32.2. The molecule has 0 amide bonds. The molecule has 3 heteroatoms. The van der Waals surface area contributed by atoms with E-state index in [1.807, 2.05) is 11.3 Å². The molecule has 1 aromatic rings. The van der Waals surface area contributed by atoms with Crippen molar-refractivity contribution in [2.45, 2.75) is 37.6 Å². The lowest BCUT2D eigenvalue weighted by atomic mass is 9.89. The van der Waals surface area contributed by atoms with Crippen LogP contribution in [-0.2, 0) is 5.54 Å². The summed E-state index contributed by atoms with van der Waals surface area (Å²) in [4.78, 5) is 4.42. The summed E-state index contributed by atoms with van der Waals surface area (Å²) >= 11 is 4.13. The van der Waals surface area contributed by atoms with Crippen LogP contribution in [0.25, 0.3) is 0 Å². The van der Waals surface area contributed by atoms with Crippen LogP contribution in [0.15, 0.2) is 17.5 Å². The number of thioether (sulfide) groups is 1. The summed E-state index contributed by atoms with van der Waals surface area (Å²) in [5, 5.41) is 2.25. The van der Waals surface area contributed by atoms with Gasteiger partial charge in [0.25, 0.3) is 0 Å². The van der Waals surface area contributed by atoms with E-state index in [1.54, 1.807) is 4.88 Å². The van der Waals surface area contributed by atoms with Gasteiger partial charge in [-0.2, -0.15) is 11.8 Å². The summed E-state index contributed by atoms with van der Waals surface area (Å²) in [7, 11) is 0. The van der Waals surface area contributed by atoms with E-state index in [2.05, 4.69) is 34.2 Å². The lowest BCUT2D eigenvalue weighted by molar-refractivity contribution is 0.0750. The molecule has 0 saturated carbocycles. The van der Waals surface area contributed by atoms with E-state index in [-0.39, 0.29) is 0 Å². The van der Waals surface area contributed by atoms with Gasteiger partial charge in [-0.3, -0.25) is 4.90 Å². The Morgan fingerprint density at radius 2 is 2.00 bits per heavy atom. The van der Waals surface area contributed by atoms with Crippen molar-refractivity contribution in [3.63, 3.8) is 0 Å². The number of piperidine rings is 1. The lowest BCUT2D eigenvalue weighted by Gasteiger charge is -2.47. The van der Waals surface area contributed by atoms with Gasteiger partial charge in [0.05, 0.1) is 5.54 Å². The SMILES string of the molecule is c1csc(C2(N3CCCCC3)CCCSC2)c1. The molecule has 1 aromatic heterocycles. The first-order valence-corrected chi connectivity index (χ1v) is 8.82. The lowest BCUT2D eigenvalue weighted by Crippen LogP contribution is -2.51. The molecule has 1 atom stereocenters. The van der Waals surface area contributed by atoms with Crippen molar-refractivity contribution < 1.29 is 0 Å². The van der Waals surface area contributed by atoms with Gasteiger partial charge in [-0.05, 0) is 56.0 Å². The second-order valence-corrected chi connectivity index (χ2v) is 7.27. The minimum Gasteiger partial charge on any atom is -0.292 e. The van der Waals surface area contributed by atoms with E-state index >= 15 is 0 Å². The molecule has 1 unspecified atom stereocenters. The third-order valence-electron chi connectivity index (χ3n) is 4.16. The third-order valence-corrected chi connectivity index (χ3v) is 6.48. The molecule has 2 saturated heterocycles. The predicted octanol–water partition coefficient (Wildman–Crippen LogP) is 3.96. The van der Waals surface area contributed by atoms with Crippen LogP contribution in [0.1, 0.15) is 37.0 Å². The van der Waals surface area contributed by atoms with Gasteiger partial charge in [0.15, 0.2) is 0 Å². The van der Waals surface area contributed by atoms with Gasteiger partial charge >= 0.3 is 0 Å². The standard InChI is InChI=1S/C14H21NS2/c1-2-8-15(9-3-1)14(7-5-10-16-12-14)13-6-4-11-17-13/h4,6,11H,1-3,5,7-10,12H2. The minimum absolute atomic E-state index is 0.386. The van der Waals surface area contributed by atoms with Crippen molar-refractivity contribution in [1.82, 2.24) is 4.90 Å².